The number of aryl methyl sites for hydroxylation is 1. The zero-order valence-electron chi connectivity index (χ0n) is 31.6. The van der Waals surface area contributed by atoms with E-state index in [2.05, 4.69) is 5.32 Å². The molecule has 0 saturated heterocycles. The van der Waals surface area contributed by atoms with Crippen LogP contribution in [0.15, 0.2) is 78.9 Å². The topological polar surface area (TPSA) is 120 Å². The van der Waals surface area contributed by atoms with Crippen LogP contribution >= 0.6 is 7.60 Å². The Hall–Kier alpha value is -5.03. The van der Waals surface area contributed by atoms with Crippen molar-refractivity contribution in [1.29, 1.82) is 0 Å². The Morgan fingerprint density at radius 3 is 1.94 bits per heavy atom. The van der Waals surface area contributed by atoms with Gasteiger partial charge in [-0.2, -0.15) is 0 Å². The van der Waals surface area contributed by atoms with Crippen molar-refractivity contribution in [3.63, 3.8) is 0 Å². The smallest absolute Gasteiger partial charge is 0.357 e. The van der Waals surface area contributed by atoms with E-state index in [0.29, 0.717) is 52.8 Å². The Labute approximate surface area is 316 Å². The van der Waals surface area contributed by atoms with E-state index < -0.39 is 19.2 Å². The van der Waals surface area contributed by atoms with Gasteiger partial charge < -0.3 is 42.8 Å². The van der Waals surface area contributed by atoms with E-state index >= 15 is 0 Å². The standard InChI is InChI=1S/C41H49FNO10P/c1-7-52-54(45,53-8-2)41(32-17-19-33(42)20-18-32)43-34-21-14-29(15-22-34)10-9-11-39(44)51-25-24-50-36-26-30(16-23-35(36)46-3)12-13-31-27-37(47-4)40(49-6)38(28-31)48-5/h12-23,26-28,41,43H,7-11,24-25H2,1-6H3/b13-12-. The maximum absolute atomic E-state index is 13.7. The summed E-state index contributed by atoms with van der Waals surface area (Å²) in [6.07, 6.45) is 5.31. The quantitative estimate of drug-likeness (QED) is 0.0357. The number of carbonyl (C=O) groups excluding carboxylic acids is 1. The number of anilines is 1. The number of benzene rings is 4. The molecule has 0 saturated carbocycles. The van der Waals surface area contributed by atoms with E-state index in [-0.39, 0.29) is 38.8 Å². The summed E-state index contributed by atoms with van der Waals surface area (Å²) >= 11 is 0. The number of carbonyl (C=O) groups is 1. The number of halogens is 1. The summed E-state index contributed by atoms with van der Waals surface area (Å²) in [7, 11) is 2.62. The lowest BCUT2D eigenvalue weighted by Gasteiger charge is -2.28. The number of ether oxygens (including phenoxy) is 6. The summed E-state index contributed by atoms with van der Waals surface area (Å²) in [4.78, 5) is 12.5. The summed E-state index contributed by atoms with van der Waals surface area (Å²) in [5.74, 6) is 1.12. The fraction of sp³-hybridized carbons (Fsp3) is 0.341. The van der Waals surface area contributed by atoms with Crippen molar-refractivity contribution in [2.75, 3.05) is 60.2 Å². The van der Waals surface area contributed by atoms with Gasteiger partial charge in [-0.25, -0.2) is 4.39 Å². The van der Waals surface area contributed by atoms with Crippen molar-refractivity contribution in [1.82, 2.24) is 0 Å². The van der Waals surface area contributed by atoms with Gasteiger partial charge in [-0.15, -0.1) is 0 Å². The SMILES string of the molecule is CCOP(=O)(OCC)C(Nc1ccc(CCCC(=O)OCCOc2cc(/C=C\c3cc(OC)c(OC)c(OC)c3)ccc2OC)cc1)c1ccc(F)cc1. The van der Waals surface area contributed by atoms with Crippen LogP contribution in [0.1, 0.15) is 54.7 Å². The molecule has 0 amide bonds. The molecular formula is C41H49FNO10P. The molecule has 0 heterocycles. The molecule has 13 heteroatoms. The first-order chi connectivity index (χ1) is 26.2. The molecule has 1 N–H and O–H groups in total. The zero-order chi connectivity index (χ0) is 38.9. The molecule has 4 rings (SSSR count). The van der Waals surface area contributed by atoms with Crippen molar-refractivity contribution >= 4 is 31.4 Å². The lowest BCUT2D eigenvalue weighted by Crippen LogP contribution is -2.15. The molecule has 0 aliphatic heterocycles. The lowest BCUT2D eigenvalue weighted by atomic mass is 10.1. The van der Waals surface area contributed by atoms with Gasteiger partial charge in [-0.1, -0.05) is 42.5 Å². The van der Waals surface area contributed by atoms with E-state index in [1.54, 1.807) is 54.4 Å². The summed E-state index contributed by atoms with van der Waals surface area (Å²) < 4.78 is 71.7. The number of esters is 1. The second-order valence-corrected chi connectivity index (χ2v) is 13.9. The maximum Gasteiger partial charge on any atom is 0.357 e. The first kappa shape index (κ1) is 41.7. The van der Waals surface area contributed by atoms with Gasteiger partial charge in [-0.05, 0) is 97.5 Å². The van der Waals surface area contributed by atoms with Crippen molar-refractivity contribution in [2.24, 2.45) is 0 Å². The minimum Gasteiger partial charge on any atom is -0.493 e. The maximum atomic E-state index is 13.7. The third-order valence-corrected chi connectivity index (χ3v) is 10.5. The molecule has 11 nitrogen and oxygen atoms in total. The van der Waals surface area contributed by atoms with Crippen LogP contribution in [0.3, 0.4) is 0 Å². The summed E-state index contributed by atoms with van der Waals surface area (Å²) in [6.45, 7) is 4.08. The molecule has 0 fully saturated rings. The fourth-order valence-corrected chi connectivity index (χ4v) is 7.51. The predicted molar refractivity (Wildman–Crippen MR) is 207 cm³/mol. The summed E-state index contributed by atoms with van der Waals surface area (Å²) in [6, 6.07) is 22.6. The molecule has 0 aromatic heterocycles. The van der Waals surface area contributed by atoms with Gasteiger partial charge in [-0.3, -0.25) is 9.36 Å². The van der Waals surface area contributed by atoms with Gasteiger partial charge in [0, 0.05) is 12.1 Å². The van der Waals surface area contributed by atoms with E-state index in [0.717, 1.165) is 16.7 Å². The van der Waals surface area contributed by atoms with Crippen LogP contribution in [0.4, 0.5) is 10.1 Å². The molecule has 4 aromatic carbocycles. The molecule has 0 aliphatic carbocycles. The molecule has 1 unspecified atom stereocenters. The zero-order valence-corrected chi connectivity index (χ0v) is 32.5. The number of hydrogen-bond donors (Lipinski definition) is 1. The van der Waals surface area contributed by atoms with Crippen molar-refractivity contribution < 1.29 is 51.2 Å². The summed E-state index contributed by atoms with van der Waals surface area (Å²) in [5, 5.41) is 3.26. The highest BCUT2D eigenvalue weighted by molar-refractivity contribution is 7.54. The second kappa shape index (κ2) is 21.0. The van der Waals surface area contributed by atoms with Gasteiger partial charge >= 0.3 is 13.6 Å². The van der Waals surface area contributed by atoms with Gasteiger partial charge in [0.1, 0.15) is 19.0 Å². The van der Waals surface area contributed by atoms with Crippen LogP contribution in [0.5, 0.6) is 28.7 Å². The molecule has 290 valence electrons. The monoisotopic (exact) mass is 765 g/mol. The third kappa shape index (κ3) is 11.7. The van der Waals surface area contributed by atoms with Crippen LogP contribution in [0.25, 0.3) is 12.2 Å². The Kier molecular flexibility index (Phi) is 16.2. The molecule has 1 atom stereocenters. The third-order valence-electron chi connectivity index (χ3n) is 8.17. The average Bonchev–Trinajstić information content (AvgIpc) is 3.18. The van der Waals surface area contributed by atoms with Crippen molar-refractivity contribution in [3.8, 4) is 28.7 Å². The van der Waals surface area contributed by atoms with E-state index in [1.807, 2.05) is 66.7 Å². The normalized spacial score (nSPS) is 11.9. The predicted octanol–water partition coefficient (Wildman–Crippen LogP) is 9.35. The molecular weight excluding hydrogens is 716 g/mol. The molecule has 4 aromatic rings. The largest absolute Gasteiger partial charge is 0.493 e. The first-order valence-corrected chi connectivity index (χ1v) is 19.2. The first-order valence-electron chi connectivity index (χ1n) is 17.6. The van der Waals surface area contributed by atoms with Crippen LogP contribution in [0.2, 0.25) is 0 Å². The van der Waals surface area contributed by atoms with Gasteiger partial charge in [0.15, 0.2) is 28.8 Å². The van der Waals surface area contributed by atoms with E-state index in [1.165, 1.54) is 12.1 Å². The van der Waals surface area contributed by atoms with Gasteiger partial charge in [0.25, 0.3) is 0 Å². The fourth-order valence-electron chi connectivity index (χ4n) is 5.58. The minimum absolute atomic E-state index is 0.0798. The average molecular weight is 766 g/mol. The highest BCUT2D eigenvalue weighted by Crippen LogP contribution is 2.60. The van der Waals surface area contributed by atoms with Crippen molar-refractivity contribution in [2.45, 2.75) is 38.9 Å². The van der Waals surface area contributed by atoms with Crippen LogP contribution < -0.4 is 29.0 Å². The minimum atomic E-state index is -3.64. The van der Waals surface area contributed by atoms with Crippen LogP contribution in [-0.2, 0) is 29.6 Å². The summed E-state index contributed by atoms with van der Waals surface area (Å²) in [5.41, 5.74) is 3.99. The van der Waals surface area contributed by atoms with E-state index in [9.17, 15) is 13.8 Å². The highest BCUT2D eigenvalue weighted by Gasteiger charge is 2.37. The number of methoxy groups -OCH3 is 4. The molecule has 54 heavy (non-hydrogen) atoms. The van der Waals surface area contributed by atoms with Crippen LogP contribution in [-0.4, -0.2) is 60.8 Å². The van der Waals surface area contributed by atoms with E-state index in [4.69, 9.17) is 37.5 Å². The van der Waals surface area contributed by atoms with Crippen LogP contribution in [0, 0.1) is 5.82 Å². The number of hydrogen-bond acceptors (Lipinski definition) is 11. The molecule has 0 bridgehead atoms. The number of nitrogens with one attached hydrogen (secondary N) is 1. The number of rotatable bonds is 22. The second-order valence-electron chi connectivity index (χ2n) is 11.8. The molecule has 0 radical (unpaired) electrons. The Balaban J connectivity index is 1.26. The van der Waals surface area contributed by atoms with Crippen molar-refractivity contribution in [3.05, 3.63) is 107 Å². The molecule has 0 aliphatic rings. The Morgan fingerprint density at radius 1 is 0.741 bits per heavy atom. The lowest BCUT2D eigenvalue weighted by molar-refractivity contribution is -0.144. The Bertz CT molecular complexity index is 1830. The van der Waals surface area contributed by atoms with Gasteiger partial charge in [0.05, 0.1) is 41.7 Å². The van der Waals surface area contributed by atoms with Gasteiger partial charge in [0.2, 0.25) is 5.75 Å². The highest BCUT2D eigenvalue weighted by atomic mass is 31.2. The molecule has 0 spiro atoms. The Morgan fingerprint density at radius 2 is 1.35 bits per heavy atom.